The van der Waals surface area contributed by atoms with Gasteiger partial charge in [-0.1, -0.05) is 6.07 Å². The number of pyridine rings is 1. The maximum Gasteiger partial charge on any atom is 0.237 e. The first kappa shape index (κ1) is 13.5. The van der Waals surface area contributed by atoms with Gasteiger partial charge < -0.3 is 15.0 Å². The zero-order chi connectivity index (χ0) is 13.8. The predicted octanol–water partition coefficient (Wildman–Crippen LogP) is 1.34. The van der Waals surface area contributed by atoms with Crippen molar-refractivity contribution in [3.8, 4) is 0 Å². The molecule has 0 saturated carbocycles. The Labute approximate surface area is 113 Å². The lowest BCUT2D eigenvalue weighted by atomic mass is 10.2. The molecule has 2 heterocycles. The van der Waals surface area contributed by atoms with Gasteiger partial charge in [-0.25, -0.2) is 4.98 Å². The third kappa shape index (κ3) is 3.54. The minimum absolute atomic E-state index is 0.0127. The largest absolute Gasteiger partial charge is 0.353 e. The summed E-state index contributed by atoms with van der Waals surface area (Å²) in [5.41, 5.74) is 1.84. The Morgan fingerprint density at radius 1 is 1.37 bits per heavy atom. The smallest absolute Gasteiger partial charge is 0.237 e. The summed E-state index contributed by atoms with van der Waals surface area (Å²) in [6, 6.07) is 5.81. The van der Waals surface area contributed by atoms with E-state index in [0.717, 1.165) is 11.3 Å². The fourth-order valence-electron chi connectivity index (χ4n) is 1.83. The van der Waals surface area contributed by atoms with Crippen LogP contribution in [0.1, 0.15) is 26.5 Å². The molecule has 0 fully saturated rings. The van der Waals surface area contributed by atoms with Gasteiger partial charge in [0.25, 0.3) is 0 Å². The van der Waals surface area contributed by atoms with Crippen LogP contribution in [0, 0.1) is 0 Å². The molecule has 2 aromatic rings. The standard InChI is InChI=1S/C14H20N4O/c1-10(2)16-14(19)11(3)15-8-12-9-18-7-5-4-6-13(18)17-12/h4-7,9-11,15H,8H2,1-3H3,(H,16,19). The fraction of sp³-hybridized carbons (Fsp3) is 0.429. The number of amides is 1. The van der Waals surface area contributed by atoms with Crippen molar-refractivity contribution in [1.29, 1.82) is 0 Å². The third-order valence-corrected chi connectivity index (χ3v) is 2.83. The molecule has 0 aromatic carbocycles. The number of carbonyl (C=O) groups excluding carboxylic acids is 1. The molecule has 1 atom stereocenters. The summed E-state index contributed by atoms with van der Waals surface area (Å²) in [5.74, 6) is 0.0127. The van der Waals surface area contributed by atoms with Crippen molar-refractivity contribution in [3.05, 3.63) is 36.3 Å². The highest BCUT2D eigenvalue weighted by Crippen LogP contribution is 2.04. The minimum Gasteiger partial charge on any atom is -0.353 e. The van der Waals surface area contributed by atoms with Crippen LogP contribution in [0.25, 0.3) is 5.65 Å². The monoisotopic (exact) mass is 260 g/mol. The van der Waals surface area contributed by atoms with Gasteiger partial charge in [0.1, 0.15) is 5.65 Å². The maximum absolute atomic E-state index is 11.7. The Kier molecular flexibility index (Phi) is 4.16. The Morgan fingerprint density at radius 3 is 2.84 bits per heavy atom. The molecule has 2 rings (SSSR count). The summed E-state index contributed by atoms with van der Waals surface area (Å²) >= 11 is 0. The van der Waals surface area contributed by atoms with Crippen molar-refractivity contribution >= 4 is 11.6 Å². The Bertz CT molecular complexity index is 528. The predicted molar refractivity (Wildman–Crippen MR) is 74.8 cm³/mol. The van der Waals surface area contributed by atoms with Crippen LogP contribution >= 0.6 is 0 Å². The lowest BCUT2D eigenvalue weighted by Crippen LogP contribution is -2.44. The van der Waals surface area contributed by atoms with E-state index in [0.29, 0.717) is 6.54 Å². The van der Waals surface area contributed by atoms with Gasteiger partial charge in [0.2, 0.25) is 5.91 Å². The molecule has 2 aromatic heterocycles. The van der Waals surface area contributed by atoms with Crippen molar-refractivity contribution in [1.82, 2.24) is 20.0 Å². The first-order valence-electron chi connectivity index (χ1n) is 6.52. The molecule has 1 amide bonds. The second-order valence-electron chi connectivity index (χ2n) is 4.96. The van der Waals surface area contributed by atoms with E-state index in [9.17, 15) is 4.79 Å². The number of rotatable bonds is 5. The summed E-state index contributed by atoms with van der Waals surface area (Å²) in [6.45, 7) is 6.33. The van der Waals surface area contributed by atoms with Crippen LogP contribution in [-0.4, -0.2) is 27.4 Å². The molecular weight excluding hydrogens is 240 g/mol. The van der Waals surface area contributed by atoms with Crippen LogP contribution in [0.4, 0.5) is 0 Å². The van der Waals surface area contributed by atoms with E-state index >= 15 is 0 Å². The first-order chi connectivity index (χ1) is 9.06. The number of hydrogen-bond acceptors (Lipinski definition) is 3. The molecule has 5 heteroatoms. The highest BCUT2D eigenvalue weighted by atomic mass is 16.2. The molecule has 0 aliphatic carbocycles. The van der Waals surface area contributed by atoms with Crippen molar-refractivity contribution in [2.45, 2.75) is 39.4 Å². The fourth-order valence-corrected chi connectivity index (χ4v) is 1.83. The van der Waals surface area contributed by atoms with E-state index in [1.54, 1.807) is 0 Å². The molecule has 5 nitrogen and oxygen atoms in total. The molecule has 0 aliphatic heterocycles. The van der Waals surface area contributed by atoms with E-state index in [1.807, 2.05) is 55.8 Å². The zero-order valence-corrected chi connectivity index (χ0v) is 11.6. The molecule has 0 saturated heterocycles. The number of fused-ring (bicyclic) bond motifs is 1. The van der Waals surface area contributed by atoms with Gasteiger partial charge in [0.05, 0.1) is 11.7 Å². The molecule has 0 radical (unpaired) electrons. The first-order valence-corrected chi connectivity index (χ1v) is 6.52. The second kappa shape index (κ2) is 5.84. The van der Waals surface area contributed by atoms with Crippen LogP contribution in [0.2, 0.25) is 0 Å². The summed E-state index contributed by atoms with van der Waals surface area (Å²) in [4.78, 5) is 16.2. The van der Waals surface area contributed by atoms with Gasteiger partial charge >= 0.3 is 0 Å². The summed E-state index contributed by atoms with van der Waals surface area (Å²) in [5, 5.41) is 6.06. The lowest BCUT2D eigenvalue weighted by molar-refractivity contribution is -0.123. The lowest BCUT2D eigenvalue weighted by Gasteiger charge is -2.15. The average Bonchev–Trinajstić information content (AvgIpc) is 2.77. The summed E-state index contributed by atoms with van der Waals surface area (Å²) in [7, 11) is 0. The van der Waals surface area contributed by atoms with Crippen molar-refractivity contribution in [2.75, 3.05) is 0 Å². The van der Waals surface area contributed by atoms with Crippen LogP contribution < -0.4 is 10.6 Å². The Hall–Kier alpha value is -1.88. The summed E-state index contributed by atoms with van der Waals surface area (Å²) in [6.07, 6.45) is 3.93. The molecule has 1 unspecified atom stereocenters. The van der Waals surface area contributed by atoms with Gasteiger partial charge in [0.15, 0.2) is 0 Å². The number of carbonyl (C=O) groups is 1. The zero-order valence-electron chi connectivity index (χ0n) is 11.6. The van der Waals surface area contributed by atoms with Gasteiger partial charge in [-0.15, -0.1) is 0 Å². The number of hydrogen-bond donors (Lipinski definition) is 2. The van der Waals surface area contributed by atoms with E-state index in [1.165, 1.54) is 0 Å². The van der Waals surface area contributed by atoms with Crippen molar-refractivity contribution in [3.63, 3.8) is 0 Å². The van der Waals surface area contributed by atoms with Gasteiger partial charge in [-0.05, 0) is 32.9 Å². The Morgan fingerprint density at radius 2 is 2.16 bits per heavy atom. The second-order valence-corrected chi connectivity index (χ2v) is 4.96. The quantitative estimate of drug-likeness (QED) is 0.853. The molecule has 102 valence electrons. The maximum atomic E-state index is 11.7. The molecule has 19 heavy (non-hydrogen) atoms. The third-order valence-electron chi connectivity index (χ3n) is 2.83. The van der Waals surface area contributed by atoms with Gasteiger partial charge in [-0.2, -0.15) is 0 Å². The normalized spacial score (nSPS) is 12.8. The molecular formula is C14H20N4O. The van der Waals surface area contributed by atoms with Crippen molar-refractivity contribution in [2.24, 2.45) is 0 Å². The molecule has 0 bridgehead atoms. The van der Waals surface area contributed by atoms with E-state index < -0.39 is 0 Å². The number of nitrogens with one attached hydrogen (secondary N) is 2. The van der Waals surface area contributed by atoms with E-state index in [-0.39, 0.29) is 18.0 Å². The number of nitrogens with zero attached hydrogens (tertiary/aromatic N) is 2. The van der Waals surface area contributed by atoms with Gasteiger partial charge in [0, 0.05) is 25.0 Å². The molecule has 0 aliphatic rings. The topological polar surface area (TPSA) is 58.4 Å². The number of aromatic nitrogens is 2. The van der Waals surface area contributed by atoms with E-state index in [4.69, 9.17) is 0 Å². The van der Waals surface area contributed by atoms with Crippen LogP contribution in [0.5, 0.6) is 0 Å². The van der Waals surface area contributed by atoms with Crippen LogP contribution in [0.3, 0.4) is 0 Å². The Balaban J connectivity index is 1.93. The average molecular weight is 260 g/mol. The van der Waals surface area contributed by atoms with E-state index in [2.05, 4.69) is 15.6 Å². The SMILES string of the molecule is CC(C)NC(=O)C(C)NCc1cn2ccccc2n1. The van der Waals surface area contributed by atoms with Crippen LogP contribution in [0.15, 0.2) is 30.6 Å². The summed E-state index contributed by atoms with van der Waals surface area (Å²) < 4.78 is 1.97. The molecule has 2 N–H and O–H groups in total. The number of imidazole rings is 1. The van der Waals surface area contributed by atoms with Gasteiger partial charge in [-0.3, -0.25) is 4.79 Å². The van der Waals surface area contributed by atoms with Crippen molar-refractivity contribution < 1.29 is 4.79 Å². The highest BCUT2D eigenvalue weighted by molar-refractivity contribution is 5.81. The molecule has 0 spiro atoms. The highest BCUT2D eigenvalue weighted by Gasteiger charge is 2.13. The van der Waals surface area contributed by atoms with Crippen LogP contribution in [-0.2, 0) is 11.3 Å². The minimum atomic E-state index is -0.229.